The number of methoxy groups -OCH3 is 1. The highest BCUT2D eigenvalue weighted by Crippen LogP contribution is 2.22. The number of nitrogens with one attached hydrogen (secondary N) is 1. The third-order valence-electron chi connectivity index (χ3n) is 4.92. The van der Waals surface area contributed by atoms with E-state index < -0.39 is 0 Å². The largest absolute Gasteiger partial charge is 0.383 e. The number of ether oxygens (including phenoxy) is 1. The first-order valence-corrected chi connectivity index (χ1v) is 8.70. The monoisotopic (exact) mass is 310 g/mol. The van der Waals surface area contributed by atoms with Crippen molar-refractivity contribution in [3.63, 3.8) is 0 Å². The molecule has 2 aliphatic rings. The van der Waals surface area contributed by atoms with Crippen LogP contribution in [0.4, 0.5) is 0 Å². The molecule has 0 radical (unpaired) electrons. The van der Waals surface area contributed by atoms with Crippen LogP contribution >= 0.6 is 0 Å². The summed E-state index contributed by atoms with van der Waals surface area (Å²) in [6.45, 7) is 3.01. The molecule has 0 spiro atoms. The molecule has 1 aliphatic heterocycles. The van der Waals surface area contributed by atoms with Crippen molar-refractivity contribution in [3.05, 3.63) is 0 Å². The third kappa shape index (κ3) is 4.70. The Morgan fingerprint density at radius 3 is 2.55 bits per heavy atom. The molecule has 0 aromatic carbocycles. The van der Waals surface area contributed by atoms with Crippen LogP contribution in [0.15, 0.2) is 0 Å². The molecule has 2 atom stereocenters. The molecular weight excluding hydrogens is 280 g/mol. The van der Waals surface area contributed by atoms with Crippen molar-refractivity contribution in [2.24, 2.45) is 5.92 Å². The van der Waals surface area contributed by atoms with Gasteiger partial charge in [-0.3, -0.25) is 9.59 Å². The molecule has 1 saturated heterocycles. The zero-order valence-corrected chi connectivity index (χ0v) is 14.0. The summed E-state index contributed by atoms with van der Waals surface area (Å²) in [5, 5.41) is 3.19. The van der Waals surface area contributed by atoms with Crippen molar-refractivity contribution in [1.29, 1.82) is 0 Å². The Kier molecular flexibility index (Phi) is 6.68. The van der Waals surface area contributed by atoms with Crippen molar-refractivity contribution < 1.29 is 14.3 Å². The fraction of sp³-hybridized carbons (Fsp3) is 0.882. The fourth-order valence-electron chi connectivity index (χ4n) is 3.58. The van der Waals surface area contributed by atoms with Gasteiger partial charge in [0.2, 0.25) is 11.8 Å². The Bertz CT molecular complexity index is 378. The molecule has 5 nitrogen and oxygen atoms in total. The number of carbonyl (C=O) groups excluding carboxylic acids is 2. The third-order valence-corrected chi connectivity index (χ3v) is 4.92. The Morgan fingerprint density at radius 2 is 1.91 bits per heavy atom. The highest BCUT2D eigenvalue weighted by molar-refractivity contribution is 5.89. The summed E-state index contributed by atoms with van der Waals surface area (Å²) in [6.07, 6.45) is 8.77. The van der Waals surface area contributed by atoms with Crippen molar-refractivity contribution in [2.75, 3.05) is 20.3 Å². The van der Waals surface area contributed by atoms with Gasteiger partial charge in [-0.2, -0.15) is 0 Å². The van der Waals surface area contributed by atoms with Gasteiger partial charge in [-0.1, -0.05) is 32.1 Å². The smallest absolute Gasteiger partial charge is 0.225 e. The van der Waals surface area contributed by atoms with Crippen molar-refractivity contribution in [3.8, 4) is 0 Å². The first-order chi connectivity index (χ1) is 10.6. The number of carbonyl (C=O) groups is 2. The minimum absolute atomic E-state index is 0.0386. The summed E-state index contributed by atoms with van der Waals surface area (Å²) < 4.78 is 5.11. The van der Waals surface area contributed by atoms with E-state index in [4.69, 9.17) is 4.74 Å². The minimum atomic E-state index is -0.197. The molecule has 22 heavy (non-hydrogen) atoms. The second-order valence-corrected chi connectivity index (χ2v) is 6.80. The number of amides is 2. The van der Waals surface area contributed by atoms with Gasteiger partial charge in [-0.25, -0.2) is 0 Å². The lowest BCUT2D eigenvalue weighted by molar-refractivity contribution is -0.130. The lowest BCUT2D eigenvalue weighted by Crippen LogP contribution is -2.41. The maximum absolute atomic E-state index is 12.5. The topological polar surface area (TPSA) is 58.6 Å². The Balaban J connectivity index is 1.83. The van der Waals surface area contributed by atoms with Crippen LogP contribution in [0.3, 0.4) is 0 Å². The maximum Gasteiger partial charge on any atom is 0.225 e. The van der Waals surface area contributed by atoms with Crippen molar-refractivity contribution in [2.45, 2.75) is 70.4 Å². The standard InChI is InChI=1S/C17H30N2O3/c1-13(12-22-2)19-11-14(10-16(19)20)17(21)18-15-8-6-4-3-5-7-9-15/h13-15H,3-12H2,1-2H3,(H,18,21)/t13-,14-/m1/s1. The molecular formula is C17H30N2O3. The molecule has 0 bridgehead atoms. The predicted molar refractivity (Wildman–Crippen MR) is 85.4 cm³/mol. The number of likely N-dealkylation sites (tertiary alicyclic amines) is 1. The van der Waals surface area contributed by atoms with Gasteiger partial charge in [0, 0.05) is 26.1 Å². The summed E-state index contributed by atoms with van der Waals surface area (Å²) in [5.74, 6) is -0.0642. The molecule has 2 fully saturated rings. The SMILES string of the molecule is COC[C@@H](C)N1C[C@H](C(=O)NC2CCCCCCC2)CC1=O. The maximum atomic E-state index is 12.5. The molecule has 1 saturated carbocycles. The first kappa shape index (κ1) is 17.3. The lowest BCUT2D eigenvalue weighted by atomic mass is 9.96. The first-order valence-electron chi connectivity index (χ1n) is 8.70. The van der Waals surface area contributed by atoms with Crippen LogP contribution in [0.1, 0.15) is 58.3 Å². The van der Waals surface area contributed by atoms with Crippen LogP contribution in [0.5, 0.6) is 0 Å². The molecule has 1 aliphatic carbocycles. The van der Waals surface area contributed by atoms with Crippen LogP contribution in [-0.2, 0) is 14.3 Å². The summed E-state index contributed by atoms with van der Waals surface area (Å²) in [4.78, 5) is 26.3. The fourth-order valence-corrected chi connectivity index (χ4v) is 3.58. The molecule has 5 heteroatoms. The average Bonchev–Trinajstić information content (AvgIpc) is 2.84. The van der Waals surface area contributed by atoms with Gasteiger partial charge < -0.3 is 15.0 Å². The molecule has 0 aromatic heterocycles. The van der Waals surface area contributed by atoms with E-state index in [0.29, 0.717) is 25.6 Å². The molecule has 1 N–H and O–H groups in total. The van der Waals surface area contributed by atoms with Gasteiger partial charge in [0.15, 0.2) is 0 Å². The van der Waals surface area contributed by atoms with E-state index in [1.165, 1.54) is 32.1 Å². The van der Waals surface area contributed by atoms with Gasteiger partial charge in [-0.15, -0.1) is 0 Å². The highest BCUT2D eigenvalue weighted by atomic mass is 16.5. The van der Waals surface area contributed by atoms with E-state index in [1.54, 1.807) is 12.0 Å². The average molecular weight is 310 g/mol. The zero-order valence-electron chi connectivity index (χ0n) is 14.0. The molecule has 126 valence electrons. The second kappa shape index (κ2) is 8.51. The second-order valence-electron chi connectivity index (χ2n) is 6.80. The molecule has 0 aromatic rings. The van der Waals surface area contributed by atoms with Crippen LogP contribution in [-0.4, -0.2) is 49.1 Å². The van der Waals surface area contributed by atoms with E-state index in [0.717, 1.165) is 12.8 Å². The van der Waals surface area contributed by atoms with Crippen LogP contribution in [0.25, 0.3) is 0 Å². The Labute approximate surface area is 133 Å². The van der Waals surface area contributed by atoms with E-state index >= 15 is 0 Å². The van der Waals surface area contributed by atoms with E-state index in [-0.39, 0.29) is 23.8 Å². The number of hydrogen-bond acceptors (Lipinski definition) is 3. The van der Waals surface area contributed by atoms with Crippen molar-refractivity contribution >= 4 is 11.8 Å². The molecule has 1 heterocycles. The van der Waals surface area contributed by atoms with E-state index in [9.17, 15) is 9.59 Å². The summed E-state index contributed by atoms with van der Waals surface area (Å²) >= 11 is 0. The van der Waals surface area contributed by atoms with Crippen LogP contribution in [0, 0.1) is 5.92 Å². The number of nitrogens with zero attached hydrogens (tertiary/aromatic N) is 1. The zero-order chi connectivity index (χ0) is 15.9. The number of hydrogen-bond donors (Lipinski definition) is 1. The summed E-state index contributed by atoms with van der Waals surface area (Å²) in [5.41, 5.74) is 0. The Hall–Kier alpha value is -1.10. The normalized spacial score (nSPS) is 25.6. The quantitative estimate of drug-likeness (QED) is 0.846. The van der Waals surface area contributed by atoms with E-state index in [1.807, 2.05) is 6.92 Å². The highest BCUT2D eigenvalue weighted by Gasteiger charge is 2.37. The predicted octanol–water partition coefficient (Wildman–Crippen LogP) is 2.10. The van der Waals surface area contributed by atoms with E-state index in [2.05, 4.69) is 5.32 Å². The van der Waals surface area contributed by atoms with Gasteiger partial charge >= 0.3 is 0 Å². The minimum Gasteiger partial charge on any atom is -0.383 e. The van der Waals surface area contributed by atoms with Gasteiger partial charge in [0.05, 0.1) is 18.6 Å². The lowest BCUT2D eigenvalue weighted by Gasteiger charge is -2.25. The summed E-state index contributed by atoms with van der Waals surface area (Å²) in [6, 6.07) is 0.338. The van der Waals surface area contributed by atoms with Crippen molar-refractivity contribution in [1.82, 2.24) is 10.2 Å². The molecule has 2 rings (SSSR count). The Morgan fingerprint density at radius 1 is 1.27 bits per heavy atom. The molecule has 0 unspecified atom stereocenters. The number of rotatable bonds is 5. The summed E-state index contributed by atoms with van der Waals surface area (Å²) in [7, 11) is 1.63. The van der Waals surface area contributed by atoms with Gasteiger partial charge in [0.25, 0.3) is 0 Å². The molecule has 2 amide bonds. The van der Waals surface area contributed by atoms with Gasteiger partial charge in [0.1, 0.15) is 0 Å². The van der Waals surface area contributed by atoms with Gasteiger partial charge in [-0.05, 0) is 19.8 Å². The van der Waals surface area contributed by atoms with Crippen LogP contribution in [0.2, 0.25) is 0 Å². The van der Waals surface area contributed by atoms with Crippen LogP contribution < -0.4 is 5.32 Å².